The first-order chi connectivity index (χ1) is 15.4. The van der Waals surface area contributed by atoms with Crippen LogP contribution in [0.1, 0.15) is 35.1 Å². The fourth-order valence-electron chi connectivity index (χ4n) is 4.48. The Morgan fingerprint density at radius 3 is 2.41 bits per heavy atom. The van der Waals surface area contributed by atoms with Crippen LogP contribution in [0.5, 0.6) is 11.5 Å². The summed E-state index contributed by atoms with van der Waals surface area (Å²) in [4.78, 5) is 15.7. The molecule has 0 unspecified atom stereocenters. The number of nitrogens with zero attached hydrogens (tertiary/aromatic N) is 2. The van der Waals surface area contributed by atoms with Crippen molar-refractivity contribution in [2.45, 2.75) is 52.4 Å². The van der Waals surface area contributed by atoms with Gasteiger partial charge in [-0.05, 0) is 73.7 Å². The summed E-state index contributed by atoms with van der Waals surface area (Å²) in [6, 6.07) is 12.2. The second kappa shape index (κ2) is 9.92. The Kier molecular flexibility index (Phi) is 7.01. The van der Waals surface area contributed by atoms with Gasteiger partial charge in [-0.3, -0.25) is 9.69 Å². The van der Waals surface area contributed by atoms with Crippen LogP contribution in [0, 0.1) is 20.8 Å². The Labute approximate surface area is 190 Å². The minimum Gasteiger partial charge on any atom is -0.492 e. The van der Waals surface area contributed by atoms with E-state index in [9.17, 15) is 9.90 Å². The molecule has 6 nitrogen and oxygen atoms in total. The number of aliphatic hydroxyl groups is 1. The van der Waals surface area contributed by atoms with E-state index in [-0.39, 0.29) is 12.0 Å². The third-order valence-electron chi connectivity index (χ3n) is 6.63. The maximum atomic E-state index is 11.7. The van der Waals surface area contributed by atoms with Gasteiger partial charge in [0, 0.05) is 32.6 Å². The monoisotopic (exact) mass is 438 g/mol. The zero-order valence-electron chi connectivity index (χ0n) is 19.3. The van der Waals surface area contributed by atoms with Crippen molar-refractivity contribution >= 4 is 5.91 Å². The van der Waals surface area contributed by atoms with Gasteiger partial charge in [0.15, 0.2) is 0 Å². The lowest BCUT2D eigenvalue weighted by Crippen LogP contribution is -2.30. The second-order valence-electron chi connectivity index (χ2n) is 9.08. The van der Waals surface area contributed by atoms with Gasteiger partial charge in [0.2, 0.25) is 5.91 Å². The molecule has 32 heavy (non-hydrogen) atoms. The lowest BCUT2D eigenvalue weighted by Gasteiger charge is -2.19. The molecule has 0 bridgehead atoms. The number of rotatable bonds is 8. The number of aliphatic hydroxyl groups excluding tert-OH is 1. The van der Waals surface area contributed by atoms with E-state index in [0.717, 1.165) is 31.0 Å². The lowest BCUT2D eigenvalue weighted by atomic mass is 10.0. The number of carbonyl (C=O) groups is 1. The SMILES string of the molecule is Cc1cc(O[C@H]2CN(Cc3ccc(OCCN4CCCC4=O)cc3)C[C@@H]2O)cc(C)c1C. The van der Waals surface area contributed by atoms with Crippen molar-refractivity contribution in [3.63, 3.8) is 0 Å². The molecule has 6 heteroatoms. The van der Waals surface area contributed by atoms with E-state index in [1.807, 2.05) is 17.0 Å². The molecule has 2 aliphatic heterocycles. The van der Waals surface area contributed by atoms with Crippen LogP contribution in [0.2, 0.25) is 0 Å². The predicted octanol–water partition coefficient (Wildman–Crippen LogP) is 3.24. The van der Waals surface area contributed by atoms with Gasteiger partial charge in [-0.2, -0.15) is 0 Å². The summed E-state index contributed by atoms with van der Waals surface area (Å²) >= 11 is 0. The summed E-state index contributed by atoms with van der Waals surface area (Å²) in [6.07, 6.45) is 0.880. The summed E-state index contributed by atoms with van der Waals surface area (Å²) in [5, 5.41) is 10.5. The number of hydrogen-bond donors (Lipinski definition) is 1. The molecule has 0 aromatic heterocycles. The highest BCUT2D eigenvalue weighted by Crippen LogP contribution is 2.25. The molecule has 0 spiro atoms. The lowest BCUT2D eigenvalue weighted by molar-refractivity contribution is -0.128. The fraction of sp³-hybridized carbons (Fsp3) is 0.500. The van der Waals surface area contributed by atoms with Gasteiger partial charge in [0.05, 0.1) is 6.54 Å². The van der Waals surface area contributed by atoms with Crippen molar-refractivity contribution in [2.75, 3.05) is 32.8 Å². The van der Waals surface area contributed by atoms with E-state index >= 15 is 0 Å². The zero-order valence-corrected chi connectivity index (χ0v) is 19.3. The number of hydrogen-bond acceptors (Lipinski definition) is 5. The maximum absolute atomic E-state index is 11.7. The highest BCUT2D eigenvalue weighted by Gasteiger charge is 2.33. The smallest absolute Gasteiger partial charge is 0.222 e. The normalized spacial score (nSPS) is 21.4. The van der Waals surface area contributed by atoms with E-state index in [1.165, 1.54) is 22.3 Å². The van der Waals surface area contributed by atoms with Crippen LogP contribution in [0.15, 0.2) is 36.4 Å². The molecule has 2 atom stereocenters. The highest BCUT2D eigenvalue weighted by molar-refractivity contribution is 5.78. The van der Waals surface area contributed by atoms with Crippen LogP contribution in [-0.2, 0) is 11.3 Å². The number of benzene rings is 2. The maximum Gasteiger partial charge on any atom is 0.222 e. The van der Waals surface area contributed by atoms with Crippen molar-refractivity contribution in [1.29, 1.82) is 0 Å². The molecule has 172 valence electrons. The molecule has 2 heterocycles. The molecule has 1 amide bonds. The fourth-order valence-corrected chi connectivity index (χ4v) is 4.48. The molecule has 4 rings (SSSR count). The van der Waals surface area contributed by atoms with Crippen molar-refractivity contribution in [2.24, 2.45) is 0 Å². The Balaban J connectivity index is 1.26. The zero-order chi connectivity index (χ0) is 22.7. The van der Waals surface area contributed by atoms with Crippen molar-refractivity contribution in [3.8, 4) is 11.5 Å². The molecule has 0 aliphatic carbocycles. The number of likely N-dealkylation sites (tertiary alicyclic amines) is 2. The molecule has 0 radical (unpaired) electrons. The van der Waals surface area contributed by atoms with E-state index < -0.39 is 6.10 Å². The standard InChI is InChI=1S/C26H34N2O4/c1-18-13-23(14-19(2)20(18)3)32-25-17-27(16-24(25)29)15-21-6-8-22(9-7-21)31-12-11-28-10-4-5-26(28)30/h6-9,13-14,24-25,29H,4-5,10-12,15-17H2,1-3H3/t24-,25-/m0/s1. The van der Waals surface area contributed by atoms with Gasteiger partial charge < -0.3 is 19.5 Å². The first-order valence-corrected chi connectivity index (χ1v) is 11.5. The Morgan fingerprint density at radius 1 is 1.03 bits per heavy atom. The number of β-amino-alcohol motifs (C(OH)–C–C–N with tert-alkyl or cyclic N) is 1. The molecular formula is C26H34N2O4. The summed E-state index contributed by atoms with van der Waals surface area (Å²) in [5.74, 6) is 1.87. The highest BCUT2D eigenvalue weighted by atomic mass is 16.5. The van der Waals surface area contributed by atoms with Gasteiger partial charge in [0.25, 0.3) is 0 Å². The molecule has 2 fully saturated rings. The molecule has 2 aromatic carbocycles. The van der Waals surface area contributed by atoms with E-state index in [0.29, 0.717) is 32.7 Å². The Morgan fingerprint density at radius 2 is 1.75 bits per heavy atom. The minimum absolute atomic E-state index is 0.228. The van der Waals surface area contributed by atoms with Crippen LogP contribution >= 0.6 is 0 Å². The van der Waals surface area contributed by atoms with Gasteiger partial charge in [0.1, 0.15) is 30.3 Å². The number of aryl methyl sites for hydroxylation is 2. The van der Waals surface area contributed by atoms with Crippen molar-refractivity contribution < 1.29 is 19.4 Å². The molecule has 2 aromatic rings. The van der Waals surface area contributed by atoms with Crippen LogP contribution in [0.4, 0.5) is 0 Å². The summed E-state index contributed by atoms with van der Waals surface area (Å²) in [7, 11) is 0. The third kappa shape index (κ3) is 5.43. The van der Waals surface area contributed by atoms with Crippen LogP contribution in [0.3, 0.4) is 0 Å². The Hall–Kier alpha value is -2.57. The van der Waals surface area contributed by atoms with Crippen LogP contribution < -0.4 is 9.47 Å². The molecule has 2 saturated heterocycles. The van der Waals surface area contributed by atoms with Crippen molar-refractivity contribution in [3.05, 3.63) is 58.7 Å². The Bertz CT molecular complexity index is 920. The van der Waals surface area contributed by atoms with E-state index in [4.69, 9.17) is 9.47 Å². The average Bonchev–Trinajstić information content (AvgIpc) is 3.32. The molecular weight excluding hydrogens is 404 g/mol. The summed E-state index contributed by atoms with van der Waals surface area (Å²) in [5.41, 5.74) is 4.86. The van der Waals surface area contributed by atoms with Crippen LogP contribution in [-0.4, -0.2) is 65.8 Å². The summed E-state index contributed by atoms with van der Waals surface area (Å²) < 4.78 is 11.9. The molecule has 2 aliphatic rings. The topological polar surface area (TPSA) is 62.2 Å². The average molecular weight is 439 g/mol. The van der Waals surface area contributed by atoms with Gasteiger partial charge in [-0.15, -0.1) is 0 Å². The largest absolute Gasteiger partial charge is 0.492 e. The first-order valence-electron chi connectivity index (χ1n) is 11.5. The first kappa shape index (κ1) is 22.6. The quantitative estimate of drug-likeness (QED) is 0.686. The number of ether oxygens (including phenoxy) is 2. The second-order valence-corrected chi connectivity index (χ2v) is 9.08. The number of carbonyl (C=O) groups excluding carboxylic acids is 1. The van der Waals surface area contributed by atoms with E-state index in [1.54, 1.807) is 0 Å². The van der Waals surface area contributed by atoms with Gasteiger partial charge in [-0.1, -0.05) is 12.1 Å². The molecule has 0 saturated carbocycles. The van der Waals surface area contributed by atoms with Gasteiger partial charge in [-0.25, -0.2) is 0 Å². The minimum atomic E-state index is -0.507. The van der Waals surface area contributed by atoms with E-state index in [2.05, 4.69) is 49.9 Å². The third-order valence-corrected chi connectivity index (χ3v) is 6.63. The van der Waals surface area contributed by atoms with Crippen LogP contribution in [0.25, 0.3) is 0 Å². The molecule has 1 N–H and O–H groups in total. The predicted molar refractivity (Wildman–Crippen MR) is 124 cm³/mol. The number of amides is 1. The van der Waals surface area contributed by atoms with Gasteiger partial charge >= 0.3 is 0 Å². The summed E-state index contributed by atoms with van der Waals surface area (Å²) in [6.45, 7) is 10.3. The van der Waals surface area contributed by atoms with Crippen molar-refractivity contribution in [1.82, 2.24) is 9.80 Å².